The van der Waals surface area contributed by atoms with Crippen LogP contribution in [0.1, 0.15) is 61.6 Å². The van der Waals surface area contributed by atoms with Gasteiger partial charge in [0.15, 0.2) is 0 Å². The molecule has 2 amide bonds. The highest BCUT2D eigenvalue weighted by atomic mass is 16.4. The minimum atomic E-state index is -1.06. The van der Waals surface area contributed by atoms with Crippen LogP contribution in [-0.2, 0) is 22.4 Å². The SMILES string of the molecule is CCc1n[nH]c(=O)c(C(=O)N2CCCC(N(CC(=O)O)C(C)=O)CC2)c1CC. The van der Waals surface area contributed by atoms with Crippen molar-refractivity contribution in [1.29, 1.82) is 0 Å². The lowest BCUT2D eigenvalue weighted by Gasteiger charge is -2.29. The summed E-state index contributed by atoms with van der Waals surface area (Å²) in [5.41, 5.74) is 1.04. The zero-order valence-corrected chi connectivity index (χ0v) is 16.7. The van der Waals surface area contributed by atoms with E-state index in [4.69, 9.17) is 5.11 Å². The fourth-order valence-corrected chi connectivity index (χ4v) is 3.82. The molecule has 28 heavy (non-hydrogen) atoms. The van der Waals surface area contributed by atoms with E-state index in [9.17, 15) is 19.2 Å². The highest BCUT2D eigenvalue weighted by molar-refractivity contribution is 5.95. The molecular formula is C19H28N4O5. The number of rotatable bonds is 6. The quantitative estimate of drug-likeness (QED) is 0.739. The molecule has 0 saturated carbocycles. The lowest BCUT2D eigenvalue weighted by Crippen LogP contribution is -2.43. The van der Waals surface area contributed by atoms with Crippen LogP contribution in [0.5, 0.6) is 0 Å². The number of carboxylic acids is 1. The fourth-order valence-electron chi connectivity index (χ4n) is 3.82. The van der Waals surface area contributed by atoms with Crippen molar-refractivity contribution in [2.24, 2.45) is 0 Å². The standard InChI is InChI=1S/C19H28N4O5/c1-4-14-15(5-2)20-21-18(27)17(14)19(28)22-9-6-7-13(8-10-22)23(12(3)24)11-16(25)26/h13H,4-11H2,1-3H3,(H,21,27)(H,25,26). The summed E-state index contributed by atoms with van der Waals surface area (Å²) in [6, 6.07) is -0.237. The summed E-state index contributed by atoms with van der Waals surface area (Å²) >= 11 is 0. The van der Waals surface area contributed by atoms with E-state index >= 15 is 0 Å². The van der Waals surface area contributed by atoms with Gasteiger partial charge in [-0.3, -0.25) is 19.2 Å². The third-order valence-electron chi connectivity index (χ3n) is 5.21. The second-order valence-corrected chi connectivity index (χ2v) is 6.98. The van der Waals surface area contributed by atoms with Crippen molar-refractivity contribution in [3.63, 3.8) is 0 Å². The maximum Gasteiger partial charge on any atom is 0.323 e. The van der Waals surface area contributed by atoms with E-state index in [1.165, 1.54) is 11.8 Å². The van der Waals surface area contributed by atoms with Crippen molar-refractivity contribution < 1.29 is 19.5 Å². The van der Waals surface area contributed by atoms with E-state index < -0.39 is 11.5 Å². The molecule has 0 bridgehead atoms. The number of hydrogen-bond acceptors (Lipinski definition) is 5. The van der Waals surface area contributed by atoms with Crippen LogP contribution in [0.4, 0.5) is 0 Å². The summed E-state index contributed by atoms with van der Waals surface area (Å²) < 4.78 is 0. The van der Waals surface area contributed by atoms with Crippen molar-refractivity contribution in [3.8, 4) is 0 Å². The largest absolute Gasteiger partial charge is 0.480 e. The molecule has 1 saturated heterocycles. The zero-order chi connectivity index (χ0) is 20.8. The Bertz CT molecular complexity index is 804. The van der Waals surface area contributed by atoms with Gasteiger partial charge in [-0.05, 0) is 37.7 Å². The third kappa shape index (κ3) is 4.76. The summed E-state index contributed by atoms with van der Waals surface area (Å²) in [4.78, 5) is 51.3. The molecule has 0 radical (unpaired) electrons. The summed E-state index contributed by atoms with van der Waals surface area (Å²) in [5.74, 6) is -1.68. The Morgan fingerprint density at radius 1 is 1.21 bits per heavy atom. The fraction of sp³-hybridized carbons (Fsp3) is 0.632. The first-order chi connectivity index (χ1) is 13.3. The molecule has 154 valence electrons. The van der Waals surface area contributed by atoms with Crippen LogP contribution in [-0.4, -0.2) is 68.6 Å². The van der Waals surface area contributed by atoms with Gasteiger partial charge in [-0.1, -0.05) is 13.8 Å². The number of nitrogens with one attached hydrogen (secondary N) is 1. The molecular weight excluding hydrogens is 364 g/mol. The number of amides is 2. The summed E-state index contributed by atoms with van der Waals surface area (Å²) in [7, 11) is 0. The second kappa shape index (κ2) is 9.48. The van der Waals surface area contributed by atoms with Gasteiger partial charge in [0.05, 0.1) is 5.69 Å². The van der Waals surface area contributed by atoms with E-state index in [0.29, 0.717) is 56.5 Å². The summed E-state index contributed by atoms with van der Waals surface area (Å²) in [6.07, 6.45) is 2.87. The zero-order valence-electron chi connectivity index (χ0n) is 16.7. The number of nitrogens with zero attached hydrogens (tertiary/aromatic N) is 3. The monoisotopic (exact) mass is 392 g/mol. The normalized spacial score (nSPS) is 17.1. The number of aromatic nitrogens is 2. The first-order valence-corrected chi connectivity index (χ1v) is 9.68. The molecule has 1 aliphatic rings. The van der Waals surface area contributed by atoms with Gasteiger partial charge < -0.3 is 14.9 Å². The lowest BCUT2D eigenvalue weighted by molar-refractivity contribution is -0.145. The number of aliphatic carboxylic acids is 1. The maximum atomic E-state index is 13.1. The smallest absolute Gasteiger partial charge is 0.323 e. The molecule has 0 aromatic carbocycles. The molecule has 2 heterocycles. The molecule has 9 heteroatoms. The van der Waals surface area contributed by atoms with Crippen molar-refractivity contribution >= 4 is 17.8 Å². The molecule has 0 spiro atoms. The molecule has 1 aromatic heterocycles. The number of carbonyl (C=O) groups is 3. The Hall–Kier alpha value is -2.71. The Labute approximate surface area is 163 Å². The van der Waals surface area contributed by atoms with Gasteiger partial charge in [0.2, 0.25) is 5.91 Å². The van der Waals surface area contributed by atoms with Gasteiger partial charge in [0, 0.05) is 26.1 Å². The topological polar surface area (TPSA) is 124 Å². The number of aromatic amines is 1. The van der Waals surface area contributed by atoms with Gasteiger partial charge in [-0.2, -0.15) is 5.10 Å². The second-order valence-electron chi connectivity index (χ2n) is 6.98. The molecule has 2 N–H and O–H groups in total. The van der Waals surface area contributed by atoms with Crippen LogP contribution in [0.15, 0.2) is 4.79 Å². The van der Waals surface area contributed by atoms with Crippen molar-refractivity contribution in [2.45, 2.75) is 58.9 Å². The molecule has 1 fully saturated rings. The number of carbonyl (C=O) groups excluding carboxylic acids is 2. The first-order valence-electron chi connectivity index (χ1n) is 9.68. The van der Waals surface area contributed by atoms with Crippen LogP contribution in [0.25, 0.3) is 0 Å². The van der Waals surface area contributed by atoms with Crippen molar-refractivity contribution in [2.75, 3.05) is 19.6 Å². The van der Waals surface area contributed by atoms with E-state index in [2.05, 4.69) is 10.2 Å². The molecule has 1 unspecified atom stereocenters. The number of carboxylic acid groups (broad SMARTS) is 1. The number of likely N-dealkylation sites (tertiary alicyclic amines) is 1. The first kappa shape index (κ1) is 21.6. The molecule has 9 nitrogen and oxygen atoms in total. The highest BCUT2D eigenvalue weighted by Crippen LogP contribution is 2.20. The Morgan fingerprint density at radius 2 is 1.93 bits per heavy atom. The molecule has 1 aromatic rings. The van der Waals surface area contributed by atoms with Crippen molar-refractivity contribution in [1.82, 2.24) is 20.0 Å². The van der Waals surface area contributed by atoms with Gasteiger partial charge >= 0.3 is 5.97 Å². The molecule has 1 atom stereocenters. The van der Waals surface area contributed by atoms with E-state index in [-0.39, 0.29) is 30.0 Å². The minimum Gasteiger partial charge on any atom is -0.480 e. The number of H-pyrrole nitrogens is 1. The van der Waals surface area contributed by atoms with Crippen LogP contribution >= 0.6 is 0 Å². The third-order valence-corrected chi connectivity index (χ3v) is 5.21. The van der Waals surface area contributed by atoms with E-state index in [1.807, 2.05) is 13.8 Å². The lowest BCUT2D eigenvalue weighted by atomic mass is 10.0. The van der Waals surface area contributed by atoms with Gasteiger partial charge in [-0.25, -0.2) is 5.10 Å². The van der Waals surface area contributed by atoms with Crippen LogP contribution in [0.2, 0.25) is 0 Å². The summed E-state index contributed by atoms with van der Waals surface area (Å²) in [5, 5.41) is 15.5. The summed E-state index contributed by atoms with van der Waals surface area (Å²) in [6.45, 7) is 5.63. The van der Waals surface area contributed by atoms with Crippen LogP contribution in [0, 0.1) is 0 Å². The predicted molar refractivity (Wildman–Crippen MR) is 102 cm³/mol. The average molecular weight is 392 g/mol. The number of hydrogen-bond donors (Lipinski definition) is 2. The van der Waals surface area contributed by atoms with Crippen LogP contribution in [0.3, 0.4) is 0 Å². The highest BCUT2D eigenvalue weighted by Gasteiger charge is 2.30. The average Bonchev–Trinajstić information content (AvgIpc) is 2.90. The number of aryl methyl sites for hydroxylation is 1. The molecule has 0 aliphatic carbocycles. The van der Waals surface area contributed by atoms with Gasteiger partial charge in [0.1, 0.15) is 12.1 Å². The molecule has 1 aliphatic heterocycles. The van der Waals surface area contributed by atoms with Crippen molar-refractivity contribution in [3.05, 3.63) is 27.2 Å². The van der Waals surface area contributed by atoms with Gasteiger partial charge in [0.25, 0.3) is 11.5 Å². The van der Waals surface area contributed by atoms with E-state index in [1.54, 1.807) is 4.90 Å². The molecule has 2 rings (SSSR count). The Morgan fingerprint density at radius 3 is 2.50 bits per heavy atom. The predicted octanol–water partition coefficient (Wildman–Crippen LogP) is 0.823. The minimum absolute atomic E-state index is 0.141. The Balaban J connectivity index is 2.23. The Kier molecular flexibility index (Phi) is 7.31. The van der Waals surface area contributed by atoms with Crippen LogP contribution < -0.4 is 5.56 Å². The van der Waals surface area contributed by atoms with E-state index in [0.717, 1.165) is 0 Å². The van der Waals surface area contributed by atoms with Gasteiger partial charge in [-0.15, -0.1) is 0 Å². The maximum absolute atomic E-state index is 13.1.